The van der Waals surface area contributed by atoms with Gasteiger partial charge in [0.2, 0.25) is 0 Å². The monoisotopic (exact) mass is 368 g/mol. The van der Waals surface area contributed by atoms with Crippen molar-refractivity contribution in [3.8, 4) is 0 Å². The Bertz CT molecular complexity index is 495. The number of hydrogen-bond acceptors (Lipinski definition) is 0. The van der Waals surface area contributed by atoms with Crippen LogP contribution < -0.4 is 8.92 Å². The molecule has 2 aromatic rings. The van der Waals surface area contributed by atoms with Crippen LogP contribution in [-0.2, 0) is 0 Å². The fourth-order valence-corrected chi connectivity index (χ4v) is 4.25. The van der Waals surface area contributed by atoms with Crippen LogP contribution in [0.2, 0.25) is 11.6 Å². The summed E-state index contributed by atoms with van der Waals surface area (Å²) < 4.78 is 2.95. The van der Waals surface area contributed by atoms with Gasteiger partial charge >= 0.3 is 122 Å². The Kier molecular flexibility index (Phi) is 5.28. The fourth-order valence-electron chi connectivity index (χ4n) is 1.79. The first kappa shape index (κ1) is 13.6. The van der Waals surface area contributed by atoms with Crippen LogP contribution in [-0.4, -0.2) is 29.9 Å². The van der Waals surface area contributed by atoms with E-state index in [4.69, 9.17) is 0 Å². The summed E-state index contributed by atoms with van der Waals surface area (Å²) in [5, 5.41) is 0. The third kappa shape index (κ3) is 3.37. The number of rotatable bonds is 4. The van der Waals surface area contributed by atoms with Gasteiger partial charge in [0.25, 0.3) is 0 Å². The van der Waals surface area contributed by atoms with Crippen molar-refractivity contribution in [2.75, 3.05) is 0 Å². The first-order valence-corrected chi connectivity index (χ1v) is 10.9. The molecule has 2 rings (SSSR count). The van der Waals surface area contributed by atoms with Crippen molar-refractivity contribution >= 4 is 51.0 Å². The van der Waals surface area contributed by atoms with E-state index in [1.165, 1.54) is 20.1 Å². The van der Waals surface area contributed by atoms with E-state index >= 15 is 0 Å². The summed E-state index contributed by atoms with van der Waals surface area (Å²) in [7, 11) is 0. The molecule has 0 N–H and O–H groups in total. The summed E-state index contributed by atoms with van der Waals surface area (Å²) in [6.07, 6.45) is 4.51. The molecule has 2 heteroatoms. The van der Waals surface area contributed by atoms with Crippen LogP contribution in [0.15, 0.2) is 48.5 Å². The molecule has 0 saturated carbocycles. The molecule has 2 aromatic carbocycles. The van der Waals surface area contributed by atoms with Crippen LogP contribution >= 0.6 is 0 Å². The molecule has 0 aliphatic carbocycles. The molecular formula is C16H16Se2. The van der Waals surface area contributed by atoms with Crippen LogP contribution in [0, 0.1) is 0 Å². The molecule has 0 radical (unpaired) electrons. The molecule has 0 nitrogen and oxygen atoms in total. The molecule has 92 valence electrons. The van der Waals surface area contributed by atoms with Crippen molar-refractivity contribution in [1.29, 1.82) is 0 Å². The van der Waals surface area contributed by atoms with E-state index in [0.29, 0.717) is 29.9 Å². The normalized spacial score (nSPS) is 11.0. The maximum atomic E-state index is 2.27. The minimum atomic E-state index is 0.551. The van der Waals surface area contributed by atoms with Gasteiger partial charge in [-0.25, -0.2) is 0 Å². The summed E-state index contributed by atoms with van der Waals surface area (Å²) >= 11 is 1.10. The van der Waals surface area contributed by atoms with E-state index < -0.39 is 0 Å². The Morgan fingerprint density at radius 1 is 0.667 bits per heavy atom. The van der Waals surface area contributed by atoms with Gasteiger partial charge in [0.1, 0.15) is 0 Å². The van der Waals surface area contributed by atoms with E-state index in [2.05, 4.69) is 72.3 Å². The molecule has 0 unspecified atom stereocenters. The molecular weight excluding hydrogens is 350 g/mol. The Labute approximate surface area is 122 Å². The SMILES string of the molecule is C[Se]c1ccccc1/C=C/c1ccccc1[Se]C. The zero-order chi connectivity index (χ0) is 12.8. The van der Waals surface area contributed by atoms with Gasteiger partial charge in [0.05, 0.1) is 0 Å². The van der Waals surface area contributed by atoms with Crippen LogP contribution in [0.25, 0.3) is 12.2 Å². The topological polar surface area (TPSA) is 0 Å². The van der Waals surface area contributed by atoms with Gasteiger partial charge in [-0.1, -0.05) is 0 Å². The quantitative estimate of drug-likeness (QED) is 0.577. The Hall–Kier alpha value is -0.781. The minimum absolute atomic E-state index is 0.551. The van der Waals surface area contributed by atoms with Crippen molar-refractivity contribution in [3.05, 3.63) is 59.7 Å². The van der Waals surface area contributed by atoms with Crippen molar-refractivity contribution in [3.63, 3.8) is 0 Å². The van der Waals surface area contributed by atoms with E-state index in [9.17, 15) is 0 Å². The van der Waals surface area contributed by atoms with Gasteiger partial charge in [0.15, 0.2) is 0 Å². The molecule has 0 aliphatic rings. The van der Waals surface area contributed by atoms with Crippen molar-refractivity contribution in [2.45, 2.75) is 11.6 Å². The van der Waals surface area contributed by atoms with Crippen molar-refractivity contribution in [2.24, 2.45) is 0 Å². The first-order chi connectivity index (χ1) is 8.85. The van der Waals surface area contributed by atoms with Gasteiger partial charge in [-0.15, -0.1) is 0 Å². The molecule has 0 fully saturated rings. The average Bonchev–Trinajstić information content (AvgIpc) is 2.45. The van der Waals surface area contributed by atoms with Gasteiger partial charge in [-0.2, -0.15) is 0 Å². The van der Waals surface area contributed by atoms with Gasteiger partial charge in [0, 0.05) is 0 Å². The second kappa shape index (κ2) is 6.97. The molecule has 0 atom stereocenters. The van der Waals surface area contributed by atoms with E-state index in [-0.39, 0.29) is 0 Å². The van der Waals surface area contributed by atoms with Crippen LogP contribution in [0.1, 0.15) is 11.1 Å². The maximum absolute atomic E-state index is 2.27. The molecule has 0 heterocycles. The second-order valence-corrected chi connectivity index (χ2v) is 7.38. The zero-order valence-electron chi connectivity index (χ0n) is 10.6. The van der Waals surface area contributed by atoms with Crippen LogP contribution in [0.3, 0.4) is 0 Å². The summed E-state index contributed by atoms with van der Waals surface area (Å²) in [6, 6.07) is 17.4. The molecule has 0 saturated heterocycles. The van der Waals surface area contributed by atoms with Gasteiger partial charge in [-0.3, -0.25) is 0 Å². The molecule has 0 aromatic heterocycles. The average molecular weight is 366 g/mol. The number of hydrogen-bond donors (Lipinski definition) is 0. The van der Waals surface area contributed by atoms with Gasteiger partial charge < -0.3 is 0 Å². The third-order valence-corrected chi connectivity index (χ3v) is 6.13. The molecule has 18 heavy (non-hydrogen) atoms. The van der Waals surface area contributed by atoms with E-state index in [1.807, 2.05) is 0 Å². The molecule has 0 bridgehead atoms. The van der Waals surface area contributed by atoms with Crippen molar-refractivity contribution < 1.29 is 0 Å². The van der Waals surface area contributed by atoms with Crippen LogP contribution in [0.5, 0.6) is 0 Å². The Morgan fingerprint density at radius 2 is 1.06 bits per heavy atom. The summed E-state index contributed by atoms with van der Waals surface area (Å²) in [5.41, 5.74) is 2.72. The molecule has 0 aliphatic heterocycles. The number of benzene rings is 2. The predicted octanol–water partition coefficient (Wildman–Crippen LogP) is 2.61. The molecule has 0 spiro atoms. The second-order valence-electron chi connectivity index (χ2n) is 3.82. The fraction of sp³-hybridized carbons (Fsp3) is 0.125. The summed E-state index contributed by atoms with van der Waals surface area (Å²) in [5.74, 6) is 4.53. The Balaban J connectivity index is 2.30. The van der Waals surface area contributed by atoms with E-state index in [1.54, 1.807) is 0 Å². The molecule has 0 amide bonds. The zero-order valence-corrected chi connectivity index (χ0v) is 14.0. The predicted molar refractivity (Wildman–Crippen MR) is 84.3 cm³/mol. The Morgan fingerprint density at radius 3 is 1.44 bits per heavy atom. The summed E-state index contributed by atoms with van der Waals surface area (Å²) in [4.78, 5) is 0. The van der Waals surface area contributed by atoms with E-state index in [0.717, 1.165) is 0 Å². The standard InChI is InChI=1S/C16H16Se2/c1-17-15-9-5-3-7-13(15)11-12-14-8-4-6-10-16(14)18-2/h3-12H,1-2H3/b12-11+. The first-order valence-electron chi connectivity index (χ1n) is 5.79. The third-order valence-electron chi connectivity index (χ3n) is 2.72. The van der Waals surface area contributed by atoms with Crippen molar-refractivity contribution in [1.82, 2.24) is 0 Å². The summed E-state index contributed by atoms with van der Waals surface area (Å²) in [6.45, 7) is 0. The van der Waals surface area contributed by atoms with Gasteiger partial charge in [-0.05, 0) is 0 Å². The van der Waals surface area contributed by atoms with Crippen LogP contribution in [0.4, 0.5) is 0 Å².